The molecule has 5 rings (SSSR count). The lowest BCUT2D eigenvalue weighted by molar-refractivity contribution is -0.140. The summed E-state index contributed by atoms with van der Waals surface area (Å²) in [6, 6.07) is 8.75. The standard InChI is InChI=1S/C25H35N3O3/c29-24-18-27(25(30)19-4-1-2-5-19)16-17-28(24)21-8-10-22(11-9-21)31-23-12-14-26(15-13-23)20-6-3-7-20/h8-11,19-20,23H,1-7,12-18H2. The maximum absolute atomic E-state index is 12.7. The molecular weight excluding hydrogens is 390 g/mol. The van der Waals surface area contributed by atoms with Crippen molar-refractivity contribution in [3.8, 4) is 5.75 Å². The lowest BCUT2D eigenvalue weighted by Crippen LogP contribution is -2.53. The number of benzene rings is 1. The van der Waals surface area contributed by atoms with Crippen molar-refractivity contribution in [1.29, 1.82) is 0 Å². The third kappa shape index (κ3) is 4.59. The molecule has 0 bridgehead atoms. The van der Waals surface area contributed by atoms with Gasteiger partial charge in [-0.3, -0.25) is 9.59 Å². The van der Waals surface area contributed by atoms with Crippen LogP contribution in [0, 0.1) is 5.92 Å². The summed E-state index contributed by atoms with van der Waals surface area (Å²) >= 11 is 0. The van der Waals surface area contributed by atoms with E-state index in [1.54, 1.807) is 9.80 Å². The summed E-state index contributed by atoms with van der Waals surface area (Å²) in [7, 11) is 0. The van der Waals surface area contributed by atoms with E-state index in [1.807, 2.05) is 24.3 Å². The average Bonchev–Trinajstić information content (AvgIpc) is 3.29. The average molecular weight is 426 g/mol. The van der Waals surface area contributed by atoms with Gasteiger partial charge in [-0.15, -0.1) is 0 Å². The minimum absolute atomic E-state index is 0.00892. The number of likely N-dealkylation sites (tertiary alicyclic amines) is 1. The van der Waals surface area contributed by atoms with E-state index in [2.05, 4.69) is 4.90 Å². The lowest BCUT2D eigenvalue weighted by Gasteiger charge is -2.41. The van der Waals surface area contributed by atoms with E-state index in [9.17, 15) is 9.59 Å². The molecule has 0 spiro atoms. The fraction of sp³-hybridized carbons (Fsp3) is 0.680. The number of carbonyl (C=O) groups excluding carboxylic acids is 2. The number of hydrogen-bond donors (Lipinski definition) is 0. The van der Waals surface area contributed by atoms with Gasteiger partial charge in [-0.1, -0.05) is 19.3 Å². The zero-order chi connectivity index (χ0) is 21.2. The molecule has 0 atom stereocenters. The van der Waals surface area contributed by atoms with E-state index >= 15 is 0 Å². The molecule has 2 amide bonds. The van der Waals surface area contributed by atoms with Gasteiger partial charge in [0, 0.05) is 43.8 Å². The zero-order valence-electron chi connectivity index (χ0n) is 18.5. The van der Waals surface area contributed by atoms with Crippen molar-refractivity contribution in [2.45, 2.75) is 69.9 Å². The predicted molar refractivity (Wildman–Crippen MR) is 120 cm³/mol. The summed E-state index contributed by atoms with van der Waals surface area (Å²) in [5, 5.41) is 0. The number of piperidine rings is 1. The molecule has 2 aliphatic carbocycles. The highest BCUT2D eigenvalue weighted by atomic mass is 16.5. The van der Waals surface area contributed by atoms with Crippen molar-refractivity contribution in [3.05, 3.63) is 24.3 Å². The highest BCUT2D eigenvalue weighted by molar-refractivity contribution is 5.98. The Morgan fingerprint density at radius 3 is 2.16 bits per heavy atom. The van der Waals surface area contributed by atoms with Crippen LogP contribution in [0.15, 0.2) is 24.3 Å². The number of nitrogens with zero attached hydrogens (tertiary/aromatic N) is 3. The Morgan fingerprint density at radius 2 is 1.55 bits per heavy atom. The Balaban J connectivity index is 1.11. The summed E-state index contributed by atoms with van der Waals surface area (Å²) in [5.74, 6) is 1.21. The van der Waals surface area contributed by atoms with Gasteiger partial charge in [0.25, 0.3) is 0 Å². The number of hydrogen-bond acceptors (Lipinski definition) is 4. The molecule has 2 saturated heterocycles. The molecule has 0 N–H and O–H groups in total. The van der Waals surface area contributed by atoms with Crippen LogP contribution in [-0.4, -0.2) is 66.5 Å². The number of carbonyl (C=O) groups is 2. The molecule has 4 fully saturated rings. The summed E-state index contributed by atoms with van der Waals surface area (Å²) in [5.41, 5.74) is 0.894. The van der Waals surface area contributed by atoms with Crippen molar-refractivity contribution in [2.75, 3.05) is 37.6 Å². The summed E-state index contributed by atoms with van der Waals surface area (Å²) in [4.78, 5) is 31.6. The Hall–Kier alpha value is -2.08. The third-order valence-electron chi connectivity index (χ3n) is 7.76. The number of ether oxygens (including phenoxy) is 1. The van der Waals surface area contributed by atoms with Crippen LogP contribution in [0.2, 0.25) is 0 Å². The second-order valence-electron chi connectivity index (χ2n) is 9.72. The van der Waals surface area contributed by atoms with Crippen LogP contribution in [0.1, 0.15) is 57.8 Å². The van der Waals surface area contributed by atoms with Crippen LogP contribution in [0.5, 0.6) is 5.75 Å². The number of rotatable bonds is 5. The molecule has 31 heavy (non-hydrogen) atoms. The Labute approximate surface area is 185 Å². The van der Waals surface area contributed by atoms with Gasteiger partial charge in [-0.05, 0) is 62.8 Å². The second-order valence-corrected chi connectivity index (χ2v) is 9.72. The minimum atomic E-state index is 0.00892. The molecule has 0 unspecified atom stereocenters. The van der Waals surface area contributed by atoms with E-state index in [4.69, 9.17) is 4.74 Å². The third-order valence-corrected chi connectivity index (χ3v) is 7.76. The number of anilines is 1. The highest BCUT2D eigenvalue weighted by Gasteiger charge is 2.33. The Morgan fingerprint density at radius 1 is 0.839 bits per heavy atom. The van der Waals surface area contributed by atoms with E-state index in [1.165, 1.54) is 19.3 Å². The van der Waals surface area contributed by atoms with Crippen LogP contribution in [-0.2, 0) is 9.59 Å². The van der Waals surface area contributed by atoms with Gasteiger partial charge < -0.3 is 19.4 Å². The van der Waals surface area contributed by atoms with Gasteiger partial charge in [-0.2, -0.15) is 0 Å². The SMILES string of the molecule is O=C(C1CCCC1)N1CCN(c2ccc(OC3CCN(C4CCC4)CC3)cc2)C(=O)C1. The topological polar surface area (TPSA) is 53.1 Å². The first-order valence-corrected chi connectivity index (χ1v) is 12.3. The van der Waals surface area contributed by atoms with Crippen LogP contribution in [0.4, 0.5) is 5.69 Å². The van der Waals surface area contributed by atoms with Gasteiger partial charge in [-0.25, -0.2) is 0 Å². The lowest BCUT2D eigenvalue weighted by atomic mass is 9.90. The van der Waals surface area contributed by atoms with Crippen molar-refractivity contribution >= 4 is 17.5 Å². The van der Waals surface area contributed by atoms with Crippen LogP contribution < -0.4 is 9.64 Å². The molecule has 1 aromatic rings. The molecular formula is C25H35N3O3. The number of amides is 2. The molecule has 2 aliphatic heterocycles. The van der Waals surface area contributed by atoms with Gasteiger partial charge in [0.15, 0.2) is 0 Å². The van der Waals surface area contributed by atoms with E-state index in [0.29, 0.717) is 13.1 Å². The first-order chi connectivity index (χ1) is 15.2. The molecule has 6 heteroatoms. The van der Waals surface area contributed by atoms with Crippen molar-refractivity contribution < 1.29 is 14.3 Å². The molecule has 1 aromatic carbocycles. The largest absolute Gasteiger partial charge is 0.490 e. The molecule has 0 aromatic heterocycles. The monoisotopic (exact) mass is 425 g/mol. The summed E-state index contributed by atoms with van der Waals surface area (Å²) < 4.78 is 6.23. The Kier molecular flexibility index (Phi) is 6.17. The number of piperazine rings is 1. The second kappa shape index (κ2) is 9.19. The van der Waals surface area contributed by atoms with Crippen LogP contribution in [0.25, 0.3) is 0 Å². The van der Waals surface area contributed by atoms with Crippen LogP contribution >= 0.6 is 0 Å². The van der Waals surface area contributed by atoms with Gasteiger partial charge in [0.2, 0.25) is 11.8 Å². The zero-order valence-corrected chi connectivity index (χ0v) is 18.5. The fourth-order valence-corrected chi connectivity index (χ4v) is 5.57. The first-order valence-electron chi connectivity index (χ1n) is 12.3. The smallest absolute Gasteiger partial charge is 0.246 e. The molecule has 2 saturated carbocycles. The fourth-order valence-electron chi connectivity index (χ4n) is 5.57. The molecule has 2 heterocycles. The molecule has 168 valence electrons. The minimum Gasteiger partial charge on any atom is -0.490 e. The van der Waals surface area contributed by atoms with Gasteiger partial charge in [0.1, 0.15) is 18.4 Å². The van der Waals surface area contributed by atoms with E-state index < -0.39 is 0 Å². The molecule has 6 nitrogen and oxygen atoms in total. The summed E-state index contributed by atoms with van der Waals surface area (Å²) in [6.45, 7) is 3.68. The quantitative estimate of drug-likeness (QED) is 0.725. The van der Waals surface area contributed by atoms with Crippen molar-refractivity contribution in [3.63, 3.8) is 0 Å². The summed E-state index contributed by atoms with van der Waals surface area (Å²) in [6.07, 6.45) is 10.8. The van der Waals surface area contributed by atoms with E-state index in [-0.39, 0.29) is 30.4 Å². The Bertz CT molecular complexity index is 778. The molecule has 0 radical (unpaired) electrons. The normalized spacial score (nSPS) is 24.5. The van der Waals surface area contributed by atoms with Crippen molar-refractivity contribution in [2.24, 2.45) is 5.92 Å². The van der Waals surface area contributed by atoms with E-state index in [0.717, 1.165) is 69.1 Å². The van der Waals surface area contributed by atoms with Crippen molar-refractivity contribution in [1.82, 2.24) is 9.80 Å². The van der Waals surface area contributed by atoms with Crippen LogP contribution in [0.3, 0.4) is 0 Å². The van der Waals surface area contributed by atoms with Gasteiger partial charge >= 0.3 is 0 Å². The predicted octanol–water partition coefficient (Wildman–Crippen LogP) is 3.45. The molecule has 4 aliphatic rings. The highest BCUT2D eigenvalue weighted by Crippen LogP contribution is 2.30. The maximum atomic E-state index is 12.7. The first kappa shape index (κ1) is 20.8. The maximum Gasteiger partial charge on any atom is 0.246 e. The van der Waals surface area contributed by atoms with Gasteiger partial charge in [0.05, 0.1) is 0 Å².